The van der Waals surface area contributed by atoms with Crippen molar-refractivity contribution >= 4 is 10.9 Å². The van der Waals surface area contributed by atoms with Crippen LogP contribution < -0.4 is 5.73 Å². The van der Waals surface area contributed by atoms with Gasteiger partial charge in [0.2, 0.25) is 0 Å². The number of fused-ring (bicyclic) bond motifs is 1. The number of nitrogens with two attached hydrogens (primary N) is 1. The minimum Gasteiger partial charge on any atom is -0.331 e. The summed E-state index contributed by atoms with van der Waals surface area (Å²) < 4.78 is 3.98. The second-order valence-electron chi connectivity index (χ2n) is 5.31. The highest BCUT2D eigenvalue weighted by Gasteiger charge is 2.09. The Bertz CT molecular complexity index is 723. The Morgan fingerprint density at radius 1 is 1.30 bits per heavy atom. The van der Waals surface area contributed by atoms with Crippen LogP contribution in [0.25, 0.3) is 10.9 Å². The molecular formula is C15H19N5. The van der Waals surface area contributed by atoms with Gasteiger partial charge >= 0.3 is 0 Å². The normalized spacial score (nSPS) is 12.9. The minimum absolute atomic E-state index is 0.133. The molecule has 0 aliphatic carbocycles. The summed E-state index contributed by atoms with van der Waals surface area (Å²) in [4.78, 5) is 4.39. The molecule has 3 rings (SSSR count). The summed E-state index contributed by atoms with van der Waals surface area (Å²) in [5, 5.41) is 5.79. The van der Waals surface area contributed by atoms with E-state index in [0.717, 1.165) is 29.9 Å². The van der Waals surface area contributed by atoms with Crippen LogP contribution in [-0.2, 0) is 20.0 Å². The zero-order valence-corrected chi connectivity index (χ0v) is 11.8. The predicted molar refractivity (Wildman–Crippen MR) is 79.4 cm³/mol. The summed E-state index contributed by atoms with van der Waals surface area (Å²) in [6, 6.07) is 8.40. The zero-order chi connectivity index (χ0) is 14.1. The lowest BCUT2D eigenvalue weighted by Gasteiger charge is -2.01. The zero-order valence-electron chi connectivity index (χ0n) is 11.8. The number of hydrogen-bond donors (Lipinski definition) is 1. The summed E-state index contributed by atoms with van der Waals surface area (Å²) in [6.45, 7) is 2.72. The molecule has 5 nitrogen and oxygen atoms in total. The van der Waals surface area contributed by atoms with Crippen LogP contribution >= 0.6 is 0 Å². The molecule has 2 N–H and O–H groups in total. The quantitative estimate of drug-likeness (QED) is 0.784. The van der Waals surface area contributed by atoms with E-state index in [4.69, 9.17) is 5.73 Å². The van der Waals surface area contributed by atoms with E-state index in [0.29, 0.717) is 0 Å². The molecule has 2 heterocycles. The number of para-hydroxylation sites is 1. The Morgan fingerprint density at radius 2 is 2.10 bits per heavy atom. The van der Waals surface area contributed by atoms with Crippen molar-refractivity contribution in [3.8, 4) is 0 Å². The molecule has 5 heteroatoms. The molecule has 0 amide bonds. The molecule has 0 aliphatic rings. The summed E-state index contributed by atoms with van der Waals surface area (Å²) >= 11 is 0. The highest BCUT2D eigenvalue weighted by molar-refractivity contribution is 5.81. The van der Waals surface area contributed by atoms with Crippen LogP contribution in [0.2, 0.25) is 0 Å². The third-order valence-electron chi connectivity index (χ3n) is 3.38. The molecule has 0 bridgehead atoms. The Kier molecular flexibility index (Phi) is 3.28. The Balaban J connectivity index is 1.88. The second-order valence-corrected chi connectivity index (χ2v) is 5.31. The smallest absolute Gasteiger partial charge is 0.0953 e. The van der Waals surface area contributed by atoms with Gasteiger partial charge in [-0.05, 0) is 13.0 Å². The van der Waals surface area contributed by atoms with Crippen molar-refractivity contribution in [3.63, 3.8) is 0 Å². The molecule has 1 aromatic carbocycles. The average Bonchev–Trinajstić information content (AvgIpc) is 2.96. The van der Waals surface area contributed by atoms with Gasteiger partial charge in [-0.1, -0.05) is 18.2 Å². The van der Waals surface area contributed by atoms with Crippen molar-refractivity contribution < 1.29 is 0 Å². The molecule has 1 unspecified atom stereocenters. The second kappa shape index (κ2) is 5.09. The first-order valence-corrected chi connectivity index (χ1v) is 6.80. The van der Waals surface area contributed by atoms with E-state index < -0.39 is 0 Å². The van der Waals surface area contributed by atoms with Crippen molar-refractivity contribution in [1.29, 1.82) is 0 Å². The molecular weight excluding hydrogens is 250 g/mol. The Labute approximate surface area is 118 Å². The van der Waals surface area contributed by atoms with Gasteiger partial charge in [0.1, 0.15) is 0 Å². The Hall–Kier alpha value is -2.14. The number of aryl methyl sites for hydroxylation is 1. The van der Waals surface area contributed by atoms with Crippen molar-refractivity contribution in [3.05, 3.63) is 48.2 Å². The molecule has 0 fully saturated rings. The van der Waals surface area contributed by atoms with Gasteiger partial charge in [-0.15, -0.1) is 0 Å². The summed E-state index contributed by atoms with van der Waals surface area (Å²) in [7, 11) is 1.97. The van der Waals surface area contributed by atoms with Crippen LogP contribution in [-0.4, -0.2) is 25.4 Å². The number of aromatic nitrogens is 4. The fourth-order valence-electron chi connectivity index (χ4n) is 2.51. The predicted octanol–water partition coefficient (Wildman–Crippen LogP) is 1.71. The van der Waals surface area contributed by atoms with Gasteiger partial charge < -0.3 is 10.3 Å². The van der Waals surface area contributed by atoms with Gasteiger partial charge in [-0.25, -0.2) is 4.98 Å². The van der Waals surface area contributed by atoms with Gasteiger partial charge in [0.15, 0.2) is 0 Å². The first-order chi connectivity index (χ1) is 9.63. The van der Waals surface area contributed by atoms with E-state index in [2.05, 4.69) is 26.8 Å². The molecule has 0 spiro atoms. The van der Waals surface area contributed by atoms with Gasteiger partial charge in [0.05, 0.1) is 29.8 Å². The lowest BCUT2D eigenvalue weighted by molar-refractivity contribution is 0.712. The number of hydrogen-bond acceptors (Lipinski definition) is 3. The van der Waals surface area contributed by atoms with Crippen molar-refractivity contribution in [1.82, 2.24) is 19.3 Å². The fourth-order valence-corrected chi connectivity index (χ4v) is 2.51. The standard InChI is InChI=1S/C15H19N5/c1-11(16)7-12-8-20(10-17-12)9-14-13-5-3-4-6-15(13)19(2)18-14/h3-6,8,10-11H,7,9,16H2,1-2H3. The molecule has 0 aliphatic heterocycles. The van der Waals surface area contributed by atoms with Crippen LogP contribution in [0, 0.1) is 0 Å². The Morgan fingerprint density at radius 3 is 2.90 bits per heavy atom. The summed E-state index contributed by atoms with van der Waals surface area (Å²) in [5.74, 6) is 0. The highest BCUT2D eigenvalue weighted by Crippen LogP contribution is 2.18. The van der Waals surface area contributed by atoms with Gasteiger partial charge in [0.25, 0.3) is 0 Å². The molecule has 20 heavy (non-hydrogen) atoms. The monoisotopic (exact) mass is 269 g/mol. The van der Waals surface area contributed by atoms with Crippen LogP contribution in [0.15, 0.2) is 36.8 Å². The number of imidazole rings is 1. The minimum atomic E-state index is 0.133. The third-order valence-corrected chi connectivity index (χ3v) is 3.38. The molecule has 2 aromatic heterocycles. The maximum Gasteiger partial charge on any atom is 0.0953 e. The maximum atomic E-state index is 5.80. The first-order valence-electron chi connectivity index (χ1n) is 6.80. The third kappa shape index (κ3) is 2.44. The number of rotatable bonds is 4. The molecule has 0 saturated carbocycles. The van der Waals surface area contributed by atoms with E-state index in [1.54, 1.807) is 0 Å². The highest BCUT2D eigenvalue weighted by atomic mass is 15.3. The number of nitrogens with zero attached hydrogens (tertiary/aromatic N) is 4. The fraction of sp³-hybridized carbons (Fsp3) is 0.333. The lowest BCUT2D eigenvalue weighted by atomic mass is 10.2. The van der Waals surface area contributed by atoms with Crippen LogP contribution in [0.1, 0.15) is 18.3 Å². The maximum absolute atomic E-state index is 5.80. The van der Waals surface area contributed by atoms with Gasteiger partial charge in [-0.3, -0.25) is 4.68 Å². The molecule has 1 atom stereocenters. The SMILES string of the molecule is CC(N)Cc1cn(Cc2nn(C)c3ccccc23)cn1. The average molecular weight is 269 g/mol. The van der Waals surface area contributed by atoms with Crippen molar-refractivity contribution in [2.24, 2.45) is 12.8 Å². The molecule has 104 valence electrons. The van der Waals surface area contributed by atoms with E-state index in [1.807, 2.05) is 43.3 Å². The van der Waals surface area contributed by atoms with Crippen LogP contribution in [0.4, 0.5) is 0 Å². The van der Waals surface area contributed by atoms with E-state index in [1.165, 1.54) is 5.39 Å². The molecule has 0 saturated heterocycles. The van der Waals surface area contributed by atoms with Crippen molar-refractivity contribution in [2.75, 3.05) is 0 Å². The van der Waals surface area contributed by atoms with Gasteiger partial charge in [-0.2, -0.15) is 5.10 Å². The number of benzene rings is 1. The van der Waals surface area contributed by atoms with E-state index in [9.17, 15) is 0 Å². The van der Waals surface area contributed by atoms with Gasteiger partial charge in [0, 0.05) is 31.1 Å². The summed E-state index contributed by atoms with van der Waals surface area (Å²) in [5.41, 5.74) is 9.04. The van der Waals surface area contributed by atoms with E-state index in [-0.39, 0.29) is 6.04 Å². The molecule has 0 radical (unpaired) electrons. The van der Waals surface area contributed by atoms with E-state index >= 15 is 0 Å². The van der Waals surface area contributed by atoms with Crippen LogP contribution in [0.5, 0.6) is 0 Å². The largest absolute Gasteiger partial charge is 0.331 e. The van der Waals surface area contributed by atoms with Crippen molar-refractivity contribution in [2.45, 2.75) is 25.9 Å². The summed E-state index contributed by atoms with van der Waals surface area (Å²) in [6.07, 6.45) is 4.70. The van der Waals surface area contributed by atoms with Crippen LogP contribution in [0.3, 0.4) is 0 Å². The topological polar surface area (TPSA) is 61.7 Å². The lowest BCUT2D eigenvalue weighted by Crippen LogP contribution is -2.17. The first kappa shape index (κ1) is 12.9. The molecule has 3 aromatic rings.